The molecule has 0 spiro atoms. The van der Waals surface area contributed by atoms with E-state index < -0.39 is 5.82 Å². The summed E-state index contributed by atoms with van der Waals surface area (Å²) in [6.07, 6.45) is 8.75. The number of H-pyrrole nitrogens is 2. The van der Waals surface area contributed by atoms with E-state index in [1.807, 2.05) is 44.5 Å². The Labute approximate surface area is 222 Å². The lowest BCUT2D eigenvalue weighted by Gasteiger charge is -2.17. The molecule has 3 N–H and O–H groups in total. The van der Waals surface area contributed by atoms with E-state index in [9.17, 15) is 4.79 Å². The van der Waals surface area contributed by atoms with Crippen molar-refractivity contribution >= 4 is 33.7 Å². The van der Waals surface area contributed by atoms with Gasteiger partial charge in [-0.15, -0.1) is 0 Å². The van der Waals surface area contributed by atoms with Crippen molar-refractivity contribution in [3.05, 3.63) is 66.9 Å². The Hall–Kier alpha value is -4.93. The van der Waals surface area contributed by atoms with E-state index in [0.29, 0.717) is 51.4 Å². The first kappa shape index (κ1) is 24.4. The highest BCUT2D eigenvalue weighted by Crippen LogP contribution is 2.35. The number of pyridine rings is 2. The van der Waals surface area contributed by atoms with Crippen LogP contribution in [0.1, 0.15) is 32.9 Å². The van der Waals surface area contributed by atoms with E-state index in [0.717, 1.165) is 11.4 Å². The van der Waals surface area contributed by atoms with E-state index in [1.165, 1.54) is 0 Å². The predicted octanol–water partition coefficient (Wildman–Crippen LogP) is 5.57. The molecule has 6 aromatic rings. The molecule has 0 atom stereocenters. The summed E-state index contributed by atoms with van der Waals surface area (Å²) in [6.45, 7) is 7.89. The molecule has 0 saturated heterocycles. The summed E-state index contributed by atoms with van der Waals surface area (Å²) in [6, 6.07) is 6.99. The Balaban J connectivity index is 1.40. The van der Waals surface area contributed by atoms with Crippen molar-refractivity contribution in [3.63, 3.8) is 0 Å². The van der Waals surface area contributed by atoms with Crippen LogP contribution in [0.5, 0.6) is 0 Å². The standard InChI is InChI=1S/C28H26FN9O/c1-15-13-38(14-32-15)20-7-8-31-26-24(20)34-27(35-26)25-22-19(36-37-25)6-5-18(23(22)29)16-9-17(12-30-11-16)33-21(39)10-28(2,3)4/h5-9,11-14H,10H2,1-4H3,(H,33,39)(H,36,37)(H,31,34,35). The number of aromatic amines is 2. The van der Waals surface area contributed by atoms with E-state index in [2.05, 4.69) is 40.4 Å². The normalized spacial score (nSPS) is 11.9. The van der Waals surface area contributed by atoms with Crippen molar-refractivity contribution in [1.82, 2.24) is 39.7 Å². The third-order valence-corrected chi connectivity index (χ3v) is 6.28. The van der Waals surface area contributed by atoms with Crippen LogP contribution in [-0.4, -0.2) is 45.6 Å². The molecule has 5 aromatic heterocycles. The Bertz CT molecular complexity index is 1860. The molecule has 0 aliphatic rings. The first-order valence-electron chi connectivity index (χ1n) is 12.4. The number of imidazole rings is 2. The molecule has 39 heavy (non-hydrogen) atoms. The SMILES string of the molecule is Cc1cn(-c2ccnc3nc(-c4n[nH]c5ccc(-c6cncc(NC(=O)CC(C)(C)C)c6)c(F)c45)[nH]c23)cn1. The van der Waals surface area contributed by atoms with Gasteiger partial charge in [0.2, 0.25) is 5.91 Å². The van der Waals surface area contributed by atoms with Gasteiger partial charge in [0.15, 0.2) is 11.5 Å². The summed E-state index contributed by atoms with van der Waals surface area (Å²) in [5, 5.41) is 10.4. The quantitative estimate of drug-likeness (QED) is 0.271. The number of carbonyl (C=O) groups excluding carboxylic acids is 1. The minimum absolute atomic E-state index is 0.127. The van der Waals surface area contributed by atoms with Crippen LogP contribution in [-0.2, 0) is 4.79 Å². The molecule has 196 valence electrons. The van der Waals surface area contributed by atoms with Gasteiger partial charge in [-0.25, -0.2) is 19.3 Å². The molecule has 0 bridgehead atoms. The minimum atomic E-state index is -0.477. The smallest absolute Gasteiger partial charge is 0.224 e. The van der Waals surface area contributed by atoms with Gasteiger partial charge in [-0.3, -0.25) is 14.9 Å². The monoisotopic (exact) mass is 523 g/mol. The number of amides is 1. The van der Waals surface area contributed by atoms with Crippen LogP contribution in [0.15, 0.2) is 55.4 Å². The number of benzene rings is 1. The van der Waals surface area contributed by atoms with Crippen LogP contribution in [0, 0.1) is 18.2 Å². The number of hydrogen-bond acceptors (Lipinski definition) is 6. The fourth-order valence-electron chi connectivity index (χ4n) is 4.59. The zero-order valence-electron chi connectivity index (χ0n) is 21.9. The summed E-state index contributed by atoms with van der Waals surface area (Å²) in [7, 11) is 0. The number of anilines is 1. The second kappa shape index (κ2) is 9.12. The van der Waals surface area contributed by atoms with Crippen LogP contribution in [0.25, 0.3) is 50.4 Å². The van der Waals surface area contributed by atoms with E-state index >= 15 is 4.39 Å². The van der Waals surface area contributed by atoms with Gasteiger partial charge in [-0.05, 0) is 36.6 Å². The molecule has 5 heterocycles. The number of aryl methyl sites for hydroxylation is 1. The number of hydrogen-bond donors (Lipinski definition) is 3. The molecule has 0 unspecified atom stereocenters. The van der Waals surface area contributed by atoms with Crippen molar-refractivity contribution in [3.8, 4) is 28.3 Å². The molecule has 11 heteroatoms. The molecule has 1 amide bonds. The molecule has 6 rings (SSSR count). The number of fused-ring (bicyclic) bond motifs is 2. The van der Waals surface area contributed by atoms with Gasteiger partial charge < -0.3 is 14.9 Å². The van der Waals surface area contributed by atoms with Gasteiger partial charge in [-0.2, -0.15) is 5.10 Å². The summed E-state index contributed by atoms with van der Waals surface area (Å²) < 4.78 is 18.0. The van der Waals surface area contributed by atoms with Crippen molar-refractivity contribution in [1.29, 1.82) is 0 Å². The summed E-state index contributed by atoms with van der Waals surface area (Å²) in [4.78, 5) is 33.2. The summed E-state index contributed by atoms with van der Waals surface area (Å²) in [5.74, 6) is -0.223. The molecule has 0 aliphatic carbocycles. The number of carbonyl (C=O) groups is 1. The maximum atomic E-state index is 16.1. The maximum Gasteiger partial charge on any atom is 0.224 e. The summed E-state index contributed by atoms with van der Waals surface area (Å²) in [5.41, 5.74) is 4.90. The third kappa shape index (κ3) is 4.63. The van der Waals surface area contributed by atoms with Crippen LogP contribution < -0.4 is 5.32 Å². The second-order valence-electron chi connectivity index (χ2n) is 10.7. The molecular formula is C28H26FN9O. The van der Waals surface area contributed by atoms with Gasteiger partial charge in [0.25, 0.3) is 0 Å². The van der Waals surface area contributed by atoms with Gasteiger partial charge in [0.05, 0.1) is 40.5 Å². The average molecular weight is 524 g/mol. The van der Waals surface area contributed by atoms with Crippen LogP contribution in [0.4, 0.5) is 10.1 Å². The van der Waals surface area contributed by atoms with Crippen molar-refractivity contribution in [2.24, 2.45) is 5.41 Å². The number of rotatable bonds is 5. The zero-order chi connectivity index (χ0) is 27.3. The highest BCUT2D eigenvalue weighted by Gasteiger charge is 2.21. The van der Waals surface area contributed by atoms with E-state index in [1.54, 1.807) is 43.1 Å². The van der Waals surface area contributed by atoms with E-state index in [-0.39, 0.29) is 16.7 Å². The highest BCUT2D eigenvalue weighted by molar-refractivity contribution is 5.97. The number of nitrogens with zero attached hydrogens (tertiary/aromatic N) is 6. The predicted molar refractivity (Wildman–Crippen MR) is 147 cm³/mol. The molecule has 0 fully saturated rings. The number of halogens is 1. The maximum absolute atomic E-state index is 16.1. The Morgan fingerprint density at radius 2 is 2.00 bits per heavy atom. The van der Waals surface area contributed by atoms with Gasteiger partial charge in [0.1, 0.15) is 17.0 Å². The molecule has 0 radical (unpaired) electrons. The summed E-state index contributed by atoms with van der Waals surface area (Å²) >= 11 is 0. The third-order valence-electron chi connectivity index (χ3n) is 6.28. The average Bonchev–Trinajstić information content (AvgIpc) is 3.60. The van der Waals surface area contributed by atoms with Crippen molar-refractivity contribution in [2.45, 2.75) is 34.1 Å². The highest BCUT2D eigenvalue weighted by atomic mass is 19.1. The topological polar surface area (TPSA) is 130 Å². The molecule has 1 aromatic carbocycles. The Morgan fingerprint density at radius 3 is 2.77 bits per heavy atom. The van der Waals surface area contributed by atoms with Gasteiger partial charge in [-0.1, -0.05) is 20.8 Å². The van der Waals surface area contributed by atoms with Gasteiger partial charge >= 0.3 is 0 Å². The first-order valence-corrected chi connectivity index (χ1v) is 12.4. The van der Waals surface area contributed by atoms with Gasteiger partial charge in [0, 0.05) is 36.1 Å². The largest absolute Gasteiger partial charge is 0.333 e. The second-order valence-corrected chi connectivity index (χ2v) is 10.7. The molecule has 0 saturated carbocycles. The molecule has 0 aliphatic heterocycles. The number of nitrogens with one attached hydrogen (secondary N) is 3. The minimum Gasteiger partial charge on any atom is -0.333 e. The van der Waals surface area contributed by atoms with Crippen LogP contribution >= 0.6 is 0 Å². The van der Waals surface area contributed by atoms with Crippen LogP contribution in [0.3, 0.4) is 0 Å². The molecular weight excluding hydrogens is 497 g/mol. The lowest BCUT2D eigenvalue weighted by Crippen LogP contribution is -2.19. The fourth-order valence-corrected chi connectivity index (χ4v) is 4.59. The lowest BCUT2D eigenvalue weighted by atomic mass is 9.92. The lowest BCUT2D eigenvalue weighted by molar-refractivity contribution is -0.117. The molecule has 10 nitrogen and oxygen atoms in total. The first-order chi connectivity index (χ1) is 18.7. The van der Waals surface area contributed by atoms with Crippen molar-refractivity contribution in [2.75, 3.05) is 5.32 Å². The van der Waals surface area contributed by atoms with E-state index in [4.69, 9.17) is 0 Å². The zero-order valence-corrected chi connectivity index (χ0v) is 21.9. The number of aromatic nitrogens is 8. The van der Waals surface area contributed by atoms with Crippen molar-refractivity contribution < 1.29 is 9.18 Å². The fraction of sp³-hybridized carbons (Fsp3) is 0.214. The van der Waals surface area contributed by atoms with Crippen LogP contribution in [0.2, 0.25) is 0 Å². The Morgan fingerprint density at radius 1 is 1.15 bits per heavy atom. The Kier molecular flexibility index (Phi) is 5.71.